The molecule has 2 rings (SSSR count). The van der Waals surface area contributed by atoms with Gasteiger partial charge in [-0.15, -0.1) is 11.3 Å². The highest BCUT2D eigenvalue weighted by Crippen LogP contribution is 2.28. The van der Waals surface area contributed by atoms with E-state index in [1.165, 1.54) is 11.3 Å². The Morgan fingerprint density at radius 2 is 2.19 bits per heavy atom. The van der Waals surface area contributed by atoms with Crippen molar-refractivity contribution in [1.82, 2.24) is 9.97 Å². The first-order valence-electron chi connectivity index (χ1n) is 6.47. The van der Waals surface area contributed by atoms with Crippen LogP contribution in [0.25, 0.3) is 0 Å². The first-order chi connectivity index (χ1) is 9.93. The molecule has 0 aliphatic rings. The molecule has 0 aliphatic carbocycles. The molecular formula is C13H17N3O3S2. The summed E-state index contributed by atoms with van der Waals surface area (Å²) in [6.45, 7) is 6.21. The van der Waals surface area contributed by atoms with Gasteiger partial charge in [-0.2, -0.15) is 0 Å². The van der Waals surface area contributed by atoms with Crippen LogP contribution in [0.3, 0.4) is 0 Å². The van der Waals surface area contributed by atoms with E-state index in [1.54, 1.807) is 26.2 Å². The van der Waals surface area contributed by atoms with Gasteiger partial charge in [0.1, 0.15) is 5.41 Å². The van der Waals surface area contributed by atoms with Gasteiger partial charge in [-0.05, 0) is 20.8 Å². The number of anilines is 1. The third-order valence-corrected chi connectivity index (χ3v) is 4.45. The predicted octanol–water partition coefficient (Wildman–Crippen LogP) is 2.35. The third kappa shape index (κ3) is 3.70. The second-order valence-electron chi connectivity index (χ2n) is 4.91. The van der Waals surface area contributed by atoms with E-state index in [4.69, 9.17) is 4.74 Å². The maximum Gasteiger partial charge on any atom is 0.317 e. The van der Waals surface area contributed by atoms with Gasteiger partial charge in [-0.3, -0.25) is 9.59 Å². The molecule has 0 saturated heterocycles. The van der Waals surface area contributed by atoms with Gasteiger partial charge in [0.15, 0.2) is 5.13 Å². The summed E-state index contributed by atoms with van der Waals surface area (Å²) in [4.78, 5) is 30.1. The van der Waals surface area contributed by atoms with E-state index < -0.39 is 5.41 Å². The van der Waals surface area contributed by atoms with Crippen molar-refractivity contribution in [2.45, 2.75) is 32.7 Å². The fraction of sp³-hybridized carbons (Fsp3) is 0.462. The number of ether oxygens (including phenoxy) is 1. The zero-order valence-corrected chi connectivity index (χ0v) is 13.7. The van der Waals surface area contributed by atoms with E-state index >= 15 is 0 Å². The average Bonchev–Trinajstić information content (AvgIpc) is 3.05. The Labute approximate surface area is 130 Å². The van der Waals surface area contributed by atoms with Crippen molar-refractivity contribution in [1.29, 1.82) is 0 Å². The fourth-order valence-corrected chi connectivity index (χ4v) is 3.09. The van der Waals surface area contributed by atoms with Gasteiger partial charge in [0.25, 0.3) is 0 Å². The second kappa shape index (κ2) is 6.40. The summed E-state index contributed by atoms with van der Waals surface area (Å²) in [7, 11) is 0. The number of rotatable bonds is 6. The Kier molecular flexibility index (Phi) is 4.79. The number of H-pyrrole nitrogens is 1. The van der Waals surface area contributed by atoms with Gasteiger partial charge in [-0.25, -0.2) is 4.98 Å². The number of carbonyl (C=O) groups excluding carboxylic acids is 1. The molecule has 0 atom stereocenters. The molecule has 2 heterocycles. The molecule has 2 N–H and O–H groups in total. The lowest BCUT2D eigenvalue weighted by Gasteiger charge is -2.19. The SMILES string of the molecule is CCOC(=O)C(C)(C)c1csc(NCc2csc(=O)[nH]2)n1. The summed E-state index contributed by atoms with van der Waals surface area (Å²) in [5.74, 6) is -0.288. The van der Waals surface area contributed by atoms with Crippen LogP contribution in [0.2, 0.25) is 0 Å². The number of nitrogens with zero attached hydrogens (tertiary/aromatic N) is 1. The molecule has 21 heavy (non-hydrogen) atoms. The van der Waals surface area contributed by atoms with E-state index in [1.807, 2.05) is 5.38 Å². The topological polar surface area (TPSA) is 84.1 Å². The molecule has 0 radical (unpaired) electrons. The minimum Gasteiger partial charge on any atom is -0.465 e. The lowest BCUT2D eigenvalue weighted by molar-refractivity contribution is -0.148. The van der Waals surface area contributed by atoms with E-state index in [-0.39, 0.29) is 10.8 Å². The summed E-state index contributed by atoms with van der Waals surface area (Å²) in [5, 5.41) is 7.45. The molecule has 0 aromatic carbocycles. The monoisotopic (exact) mass is 327 g/mol. The normalized spacial score (nSPS) is 11.4. The fourth-order valence-electron chi connectivity index (χ4n) is 1.63. The van der Waals surface area contributed by atoms with Crippen LogP contribution in [-0.4, -0.2) is 22.5 Å². The van der Waals surface area contributed by atoms with Gasteiger partial charge in [0.05, 0.1) is 18.8 Å². The highest BCUT2D eigenvalue weighted by atomic mass is 32.1. The van der Waals surface area contributed by atoms with Crippen molar-refractivity contribution in [3.8, 4) is 0 Å². The Balaban J connectivity index is 2.03. The largest absolute Gasteiger partial charge is 0.465 e. The highest BCUT2D eigenvalue weighted by molar-refractivity contribution is 7.13. The van der Waals surface area contributed by atoms with Gasteiger partial charge < -0.3 is 15.0 Å². The van der Waals surface area contributed by atoms with Crippen molar-refractivity contribution in [3.05, 3.63) is 31.8 Å². The molecule has 0 unspecified atom stereocenters. The molecule has 114 valence electrons. The van der Waals surface area contributed by atoms with Crippen LogP contribution >= 0.6 is 22.7 Å². The van der Waals surface area contributed by atoms with Gasteiger partial charge in [0.2, 0.25) is 0 Å². The number of hydrogen-bond acceptors (Lipinski definition) is 7. The van der Waals surface area contributed by atoms with Crippen molar-refractivity contribution in [2.75, 3.05) is 11.9 Å². The number of hydrogen-bond donors (Lipinski definition) is 2. The number of esters is 1. The maximum absolute atomic E-state index is 11.9. The molecular weight excluding hydrogens is 310 g/mol. The van der Waals surface area contributed by atoms with Crippen molar-refractivity contribution >= 4 is 33.8 Å². The number of thiazole rings is 2. The molecule has 2 aromatic heterocycles. The summed E-state index contributed by atoms with van der Waals surface area (Å²) in [6, 6.07) is 0. The molecule has 8 heteroatoms. The molecule has 0 aliphatic heterocycles. The van der Waals surface area contributed by atoms with Crippen LogP contribution in [0, 0.1) is 0 Å². The van der Waals surface area contributed by atoms with E-state index in [0.717, 1.165) is 17.0 Å². The minimum atomic E-state index is -0.775. The molecule has 0 bridgehead atoms. The lowest BCUT2D eigenvalue weighted by Crippen LogP contribution is -2.31. The Morgan fingerprint density at radius 1 is 1.43 bits per heavy atom. The number of aromatic nitrogens is 2. The van der Waals surface area contributed by atoms with Crippen LogP contribution in [0.1, 0.15) is 32.2 Å². The molecule has 0 spiro atoms. The first-order valence-corrected chi connectivity index (χ1v) is 8.23. The maximum atomic E-state index is 11.9. The van der Waals surface area contributed by atoms with Gasteiger partial charge in [-0.1, -0.05) is 11.3 Å². The van der Waals surface area contributed by atoms with Crippen LogP contribution in [-0.2, 0) is 21.5 Å². The number of carbonyl (C=O) groups is 1. The molecule has 0 saturated carbocycles. The lowest BCUT2D eigenvalue weighted by atomic mass is 9.90. The summed E-state index contributed by atoms with van der Waals surface area (Å²) in [6.07, 6.45) is 0. The summed E-state index contributed by atoms with van der Waals surface area (Å²) >= 11 is 2.55. The Morgan fingerprint density at radius 3 is 2.81 bits per heavy atom. The highest BCUT2D eigenvalue weighted by Gasteiger charge is 2.33. The Bertz CT molecular complexity index is 672. The van der Waals surface area contributed by atoms with Crippen LogP contribution < -0.4 is 10.2 Å². The predicted molar refractivity (Wildman–Crippen MR) is 84.0 cm³/mol. The average molecular weight is 327 g/mol. The van der Waals surface area contributed by atoms with Crippen molar-refractivity contribution < 1.29 is 9.53 Å². The zero-order chi connectivity index (χ0) is 15.5. The molecule has 0 amide bonds. The quantitative estimate of drug-likeness (QED) is 0.796. The van der Waals surface area contributed by atoms with Crippen LogP contribution in [0.4, 0.5) is 5.13 Å². The van der Waals surface area contributed by atoms with Crippen LogP contribution in [0.5, 0.6) is 0 Å². The number of nitrogens with one attached hydrogen (secondary N) is 2. The standard InChI is InChI=1S/C13H17N3O3S2/c1-4-19-10(17)13(2,3)9-7-20-11(16-9)14-5-8-6-21-12(18)15-8/h6-7H,4-5H2,1-3H3,(H,14,16)(H,15,18). The zero-order valence-electron chi connectivity index (χ0n) is 12.1. The molecule has 0 fully saturated rings. The summed E-state index contributed by atoms with van der Waals surface area (Å²) in [5.41, 5.74) is 0.710. The third-order valence-electron chi connectivity index (χ3n) is 2.93. The van der Waals surface area contributed by atoms with Gasteiger partial charge in [0, 0.05) is 16.5 Å². The van der Waals surface area contributed by atoms with E-state index in [2.05, 4.69) is 15.3 Å². The molecule has 6 nitrogen and oxygen atoms in total. The number of aromatic amines is 1. The minimum absolute atomic E-state index is 0.0740. The van der Waals surface area contributed by atoms with E-state index in [9.17, 15) is 9.59 Å². The van der Waals surface area contributed by atoms with Gasteiger partial charge >= 0.3 is 10.8 Å². The van der Waals surface area contributed by atoms with E-state index in [0.29, 0.717) is 24.0 Å². The molecule has 2 aromatic rings. The smallest absolute Gasteiger partial charge is 0.317 e. The van der Waals surface area contributed by atoms with Crippen molar-refractivity contribution in [2.24, 2.45) is 0 Å². The summed E-state index contributed by atoms with van der Waals surface area (Å²) < 4.78 is 5.07. The second-order valence-corrected chi connectivity index (χ2v) is 6.61. The van der Waals surface area contributed by atoms with Crippen molar-refractivity contribution in [3.63, 3.8) is 0 Å². The van der Waals surface area contributed by atoms with Crippen LogP contribution in [0.15, 0.2) is 15.6 Å². The first kappa shape index (κ1) is 15.7. The Hall–Kier alpha value is -1.67.